The molecule has 0 aromatic heterocycles. The lowest BCUT2D eigenvalue weighted by molar-refractivity contribution is 0.0317. The van der Waals surface area contributed by atoms with Gasteiger partial charge in [-0.3, -0.25) is 4.90 Å². The van der Waals surface area contributed by atoms with E-state index in [1.807, 2.05) is 12.1 Å². The lowest BCUT2D eigenvalue weighted by Crippen LogP contribution is -2.41. The third kappa shape index (κ3) is 5.88. The van der Waals surface area contributed by atoms with Gasteiger partial charge < -0.3 is 10.1 Å². The monoisotopic (exact) mass is 340 g/mol. The highest BCUT2D eigenvalue weighted by atomic mass is 32.2. The quantitative estimate of drug-likeness (QED) is 0.819. The molecule has 6 heteroatoms. The van der Waals surface area contributed by atoms with Gasteiger partial charge in [-0.15, -0.1) is 0 Å². The zero-order chi connectivity index (χ0) is 16.9. The molecule has 1 aromatic rings. The van der Waals surface area contributed by atoms with Gasteiger partial charge in [-0.05, 0) is 37.1 Å². The van der Waals surface area contributed by atoms with Crippen LogP contribution in [0.1, 0.15) is 25.5 Å². The smallest absolute Gasteiger partial charge is 0.175 e. The third-order valence-corrected chi connectivity index (χ3v) is 5.38. The van der Waals surface area contributed by atoms with E-state index in [1.165, 1.54) is 6.26 Å². The molecule has 1 fully saturated rings. The Morgan fingerprint density at radius 3 is 2.35 bits per heavy atom. The molecule has 0 bridgehead atoms. The summed E-state index contributed by atoms with van der Waals surface area (Å²) in [6, 6.07) is 7.34. The van der Waals surface area contributed by atoms with Gasteiger partial charge in [-0.2, -0.15) is 0 Å². The molecular weight excluding hydrogens is 312 g/mol. The predicted octanol–water partition coefficient (Wildman–Crippen LogP) is 1.71. The van der Waals surface area contributed by atoms with Crippen LogP contribution in [0.4, 0.5) is 0 Å². The van der Waals surface area contributed by atoms with E-state index in [0.717, 1.165) is 45.0 Å². The van der Waals surface area contributed by atoms with Crippen molar-refractivity contribution in [1.29, 1.82) is 0 Å². The summed E-state index contributed by atoms with van der Waals surface area (Å²) in [5.74, 6) is 0.561. The second-order valence-electron chi connectivity index (χ2n) is 6.49. The van der Waals surface area contributed by atoms with Crippen LogP contribution in [0.25, 0.3) is 0 Å². The summed E-state index contributed by atoms with van der Waals surface area (Å²) in [4.78, 5) is 2.82. The zero-order valence-corrected chi connectivity index (χ0v) is 15.1. The van der Waals surface area contributed by atoms with Crippen LogP contribution in [0.15, 0.2) is 29.2 Å². The van der Waals surface area contributed by atoms with E-state index in [1.54, 1.807) is 12.1 Å². The van der Waals surface area contributed by atoms with Gasteiger partial charge in [0.05, 0.1) is 18.1 Å². The number of nitrogens with zero attached hydrogens (tertiary/aromatic N) is 1. The number of benzene rings is 1. The molecule has 2 atom stereocenters. The Morgan fingerprint density at radius 2 is 1.78 bits per heavy atom. The van der Waals surface area contributed by atoms with Crippen molar-refractivity contribution in [2.24, 2.45) is 5.92 Å². The van der Waals surface area contributed by atoms with E-state index in [9.17, 15) is 8.42 Å². The molecule has 1 aliphatic rings. The highest BCUT2D eigenvalue weighted by Crippen LogP contribution is 2.16. The number of nitrogens with one attached hydrogen (secondary N) is 1. The Morgan fingerprint density at radius 1 is 1.17 bits per heavy atom. The average molecular weight is 340 g/mol. The van der Waals surface area contributed by atoms with Crippen LogP contribution in [0.3, 0.4) is 0 Å². The van der Waals surface area contributed by atoms with Crippen LogP contribution in [0.2, 0.25) is 0 Å². The Hall–Kier alpha value is -0.950. The number of ether oxygens (including phenoxy) is 1. The topological polar surface area (TPSA) is 58.6 Å². The second kappa shape index (κ2) is 8.24. The summed E-state index contributed by atoms with van der Waals surface area (Å²) in [7, 11) is -3.12. The molecule has 0 amide bonds. The summed E-state index contributed by atoms with van der Waals surface area (Å²) < 4.78 is 28.3. The maximum atomic E-state index is 11.5. The van der Waals surface area contributed by atoms with Gasteiger partial charge in [0.2, 0.25) is 0 Å². The van der Waals surface area contributed by atoms with Crippen molar-refractivity contribution in [2.75, 3.05) is 45.6 Å². The van der Waals surface area contributed by atoms with Crippen molar-refractivity contribution in [3.63, 3.8) is 0 Å². The Bertz CT molecular complexity index is 580. The maximum absolute atomic E-state index is 11.5. The van der Waals surface area contributed by atoms with Crippen molar-refractivity contribution in [1.82, 2.24) is 10.2 Å². The van der Waals surface area contributed by atoms with E-state index in [2.05, 4.69) is 24.1 Å². The number of hydrogen-bond acceptors (Lipinski definition) is 5. The van der Waals surface area contributed by atoms with E-state index in [-0.39, 0.29) is 6.04 Å². The van der Waals surface area contributed by atoms with E-state index < -0.39 is 9.84 Å². The van der Waals surface area contributed by atoms with Crippen LogP contribution in [-0.4, -0.2) is 59.0 Å². The minimum absolute atomic E-state index is 0.204. The molecule has 23 heavy (non-hydrogen) atoms. The maximum Gasteiger partial charge on any atom is 0.175 e. The van der Waals surface area contributed by atoms with Crippen LogP contribution >= 0.6 is 0 Å². The molecule has 1 aromatic carbocycles. The minimum atomic E-state index is -3.12. The first-order valence-corrected chi connectivity index (χ1v) is 10.1. The lowest BCUT2D eigenvalue weighted by Gasteiger charge is -2.29. The molecule has 1 saturated heterocycles. The molecule has 0 unspecified atom stereocenters. The fourth-order valence-corrected chi connectivity index (χ4v) is 3.42. The largest absolute Gasteiger partial charge is 0.379 e. The Labute approximate surface area is 139 Å². The summed E-state index contributed by atoms with van der Waals surface area (Å²) >= 11 is 0. The lowest BCUT2D eigenvalue weighted by atomic mass is 10.1. The van der Waals surface area contributed by atoms with Crippen molar-refractivity contribution in [3.8, 4) is 0 Å². The molecule has 1 N–H and O–H groups in total. The molecule has 1 heterocycles. The number of rotatable bonds is 7. The SMILES string of the molecule is C[C@H](CN[C@H](C)c1ccc(S(C)(=O)=O)cc1)CN1CCOCC1. The highest BCUT2D eigenvalue weighted by molar-refractivity contribution is 7.90. The normalized spacial score (nSPS) is 19.4. The number of sulfone groups is 1. The standard InChI is InChI=1S/C17H28N2O3S/c1-14(13-19-8-10-22-11-9-19)12-18-15(2)16-4-6-17(7-5-16)23(3,20)21/h4-7,14-15,18H,8-13H2,1-3H3/t14-,15-/m1/s1. The van der Waals surface area contributed by atoms with Crippen LogP contribution in [0.5, 0.6) is 0 Å². The van der Waals surface area contributed by atoms with Crippen LogP contribution in [-0.2, 0) is 14.6 Å². The van der Waals surface area contributed by atoms with Gasteiger partial charge in [-0.25, -0.2) is 8.42 Å². The average Bonchev–Trinajstić information content (AvgIpc) is 2.53. The molecule has 0 saturated carbocycles. The van der Waals surface area contributed by atoms with Gasteiger partial charge in [0.25, 0.3) is 0 Å². The van der Waals surface area contributed by atoms with Crippen molar-refractivity contribution in [3.05, 3.63) is 29.8 Å². The molecule has 1 aliphatic heterocycles. The Balaban J connectivity index is 1.80. The summed E-state index contributed by atoms with van der Waals surface area (Å²) in [6.07, 6.45) is 1.23. The van der Waals surface area contributed by atoms with Gasteiger partial charge >= 0.3 is 0 Å². The molecule has 0 spiro atoms. The van der Waals surface area contributed by atoms with E-state index in [4.69, 9.17) is 4.74 Å². The Kier molecular flexibility index (Phi) is 6.59. The molecule has 130 valence electrons. The number of hydrogen-bond donors (Lipinski definition) is 1. The second-order valence-corrected chi connectivity index (χ2v) is 8.51. The molecule has 5 nitrogen and oxygen atoms in total. The zero-order valence-electron chi connectivity index (χ0n) is 14.3. The predicted molar refractivity (Wildman–Crippen MR) is 92.4 cm³/mol. The molecule has 2 rings (SSSR count). The molecular formula is C17H28N2O3S. The fraction of sp³-hybridized carbons (Fsp3) is 0.647. The van der Waals surface area contributed by atoms with Crippen molar-refractivity contribution >= 4 is 9.84 Å². The van der Waals surface area contributed by atoms with Gasteiger partial charge in [-0.1, -0.05) is 19.1 Å². The van der Waals surface area contributed by atoms with Crippen molar-refractivity contribution in [2.45, 2.75) is 24.8 Å². The third-order valence-electron chi connectivity index (χ3n) is 4.25. The molecule has 0 aliphatic carbocycles. The van der Waals surface area contributed by atoms with Crippen molar-refractivity contribution < 1.29 is 13.2 Å². The van der Waals surface area contributed by atoms with E-state index in [0.29, 0.717) is 10.8 Å². The molecule has 0 radical (unpaired) electrons. The fourth-order valence-electron chi connectivity index (χ4n) is 2.79. The summed E-state index contributed by atoms with van der Waals surface area (Å²) in [6.45, 7) is 10.1. The van der Waals surface area contributed by atoms with Gasteiger partial charge in [0.15, 0.2) is 9.84 Å². The highest BCUT2D eigenvalue weighted by Gasteiger charge is 2.15. The first-order chi connectivity index (χ1) is 10.9. The minimum Gasteiger partial charge on any atom is -0.379 e. The van der Waals surface area contributed by atoms with Crippen LogP contribution < -0.4 is 5.32 Å². The summed E-state index contributed by atoms with van der Waals surface area (Å²) in [5.41, 5.74) is 1.11. The van der Waals surface area contributed by atoms with Gasteiger partial charge in [0, 0.05) is 31.9 Å². The summed E-state index contributed by atoms with van der Waals surface area (Å²) in [5, 5.41) is 3.54. The number of morpholine rings is 1. The first-order valence-electron chi connectivity index (χ1n) is 8.20. The van der Waals surface area contributed by atoms with E-state index >= 15 is 0 Å². The van der Waals surface area contributed by atoms with Crippen LogP contribution in [0, 0.1) is 5.92 Å². The van der Waals surface area contributed by atoms with Gasteiger partial charge in [0.1, 0.15) is 0 Å². The first kappa shape index (κ1) is 18.4.